The monoisotopic (exact) mass is 259 g/mol. The Morgan fingerprint density at radius 1 is 0.938 bits per heavy atom. The lowest BCUT2D eigenvalue weighted by Gasteiger charge is -2.00. The van der Waals surface area contributed by atoms with Gasteiger partial charge >= 0.3 is 35.6 Å². The average Bonchev–Trinajstić information content (AvgIpc) is 2.29. The molecule has 0 aliphatic carbocycles. The fourth-order valence-corrected chi connectivity index (χ4v) is 1.59. The van der Waals surface area contributed by atoms with E-state index in [1.54, 1.807) is 0 Å². The van der Waals surface area contributed by atoms with Crippen LogP contribution < -0.4 is 0 Å². The number of unbranched alkanes of at least 4 members (excludes halogenated alkanes) is 8. The van der Waals surface area contributed by atoms with Crippen molar-refractivity contribution in [1.82, 2.24) is 0 Å². The van der Waals surface area contributed by atoms with Gasteiger partial charge in [-0.15, -0.1) is 0 Å². The van der Waals surface area contributed by atoms with Crippen molar-refractivity contribution in [2.45, 2.75) is 71.1 Å². The van der Waals surface area contributed by atoms with Crippen LogP contribution in [0.25, 0.3) is 0 Å². The van der Waals surface area contributed by atoms with Crippen LogP contribution in [0.2, 0.25) is 0 Å². The third kappa shape index (κ3) is 20.0. The maximum atomic E-state index is 10.2. The van der Waals surface area contributed by atoms with Crippen LogP contribution in [-0.4, -0.2) is 31.7 Å². The van der Waals surface area contributed by atoms with Crippen LogP contribution in [0.15, 0.2) is 0 Å². The van der Waals surface area contributed by atoms with Crippen molar-refractivity contribution in [3.63, 3.8) is 0 Å². The fourth-order valence-electron chi connectivity index (χ4n) is 1.59. The number of hydrogen-bond donors (Lipinski definition) is 1. The van der Waals surface area contributed by atoms with Crippen molar-refractivity contribution in [2.24, 2.45) is 0 Å². The van der Waals surface area contributed by atoms with Crippen molar-refractivity contribution < 1.29 is 9.90 Å². The lowest BCUT2D eigenvalue weighted by atomic mass is 10.1. The molecule has 0 rings (SSSR count). The standard InChI is InChI=1S/C12H24O2.ClH.Mg/c1-2-3-4-5-6-7-8-9-10-11-12(13)14;;/h2-11H2,1H3,(H,13,14);1H;/q;;+3/p-1. The van der Waals surface area contributed by atoms with Gasteiger partial charge in [0.2, 0.25) is 0 Å². The Labute approximate surface area is 116 Å². The van der Waals surface area contributed by atoms with Gasteiger partial charge in [-0.2, -0.15) is 0 Å². The number of carboxylic acid groups (broad SMARTS) is 1. The van der Waals surface area contributed by atoms with Gasteiger partial charge in [0.05, 0.1) is 0 Å². The van der Waals surface area contributed by atoms with E-state index in [-0.39, 0.29) is 0 Å². The molecule has 0 unspecified atom stereocenters. The lowest BCUT2D eigenvalue weighted by Crippen LogP contribution is -1.93. The molecule has 1 N–H and O–H groups in total. The second kappa shape index (κ2) is 17.9. The fraction of sp³-hybridized carbons (Fsp3) is 0.917. The number of aliphatic carboxylic acids is 1. The minimum Gasteiger partial charge on any atom is -0.481 e. The molecule has 0 atom stereocenters. The van der Waals surface area contributed by atoms with E-state index in [4.69, 9.17) is 5.11 Å². The number of carbonyl (C=O) groups is 1. The molecule has 0 aromatic carbocycles. The van der Waals surface area contributed by atoms with Crippen molar-refractivity contribution in [1.29, 1.82) is 0 Å². The Morgan fingerprint density at radius 3 is 1.69 bits per heavy atom. The first-order valence-corrected chi connectivity index (χ1v) is 8.39. The summed E-state index contributed by atoms with van der Waals surface area (Å²) < 4.78 is 0. The summed E-state index contributed by atoms with van der Waals surface area (Å²) in [6, 6.07) is 0. The minimum atomic E-state index is -0.659. The molecule has 0 aliphatic rings. The van der Waals surface area contributed by atoms with Crippen molar-refractivity contribution in [3.8, 4) is 0 Å². The largest absolute Gasteiger partial charge is 1.59 e. The molecule has 0 bridgehead atoms. The molecule has 0 saturated carbocycles. The number of carboxylic acids is 1. The van der Waals surface area contributed by atoms with Crippen molar-refractivity contribution in [3.05, 3.63) is 0 Å². The summed E-state index contributed by atoms with van der Waals surface area (Å²) in [6.07, 6.45) is 11.5. The summed E-state index contributed by atoms with van der Waals surface area (Å²) in [4.78, 5) is 10.2. The van der Waals surface area contributed by atoms with Gasteiger partial charge < -0.3 is 5.11 Å². The zero-order valence-electron chi connectivity index (χ0n) is 10.5. The van der Waals surface area contributed by atoms with Gasteiger partial charge in [-0.25, -0.2) is 0 Å². The van der Waals surface area contributed by atoms with Gasteiger partial charge in [-0.3, -0.25) is 4.79 Å². The van der Waals surface area contributed by atoms with Crippen LogP contribution >= 0.6 is 9.07 Å². The minimum absolute atomic E-state index is 0.343. The number of rotatable bonds is 10. The summed E-state index contributed by atoms with van der Waals surface area (Å²) in [7, 11) is 4.67. The zero-order valence-corrected chi connectivity index (χ0v) is 12.7. The molecule has 0 aromatic heterocycles. The molecule has 7 radical (unpaired) electrons. The van der Waals surface area contributed by atoms with Crippen LogP contribution in [0.1, 0.15) is 71.1 Å². The van der Waals surface area contributed by atoms with Crippen LogP contribution in [0.3, 0.4) is 0 Å². The Balaban J connectivity index is 0. The Bertz CT molecular complexity index is 143. The van der Waals surface area contributed by atoms with Gasteiger partial charge in [-0.1, -0.05) is 58.3 Å². The Morgan fingerprint density at radius 2 is 1.31 bits per heavy atom. The quantitative estimate of drug-likeness (QED) is 0.469. The Kier molecular flexibility index (Phi) is 21.1. The Hall–Kier alpha value is 0.526. The molecule has 0 aliphatic heterocycles. The highest BCUT2D eigenvalue weighted by Crippen LogP contribution is 2.10. The van der Waals surface area contributed by atoms with Crippen LogP contribution in [0.5, 0.6) is 0 Å². The van der Waals surface area contributed by atoms with E-state index in [1.807, 2.05) is 0 Å². The molecule has 2 nitrogen and oxygen atoms in total. The average molecular weight is 260 g/mol. The van der Waals surface area contributed by atoms with E-state index in [0.29, 0.717) is 6.42 Å². The molecule has 0 spiro atoms. The zero-order chi connectivity index (χ0) is 12.6. The first-order chi connectivity index (χ1) is 7.77. The summed E-state index contributed by atoms with van der Waals surface area (Å²) in [5.74, 6) is -0.659. The molecule has 0 amide bonds. The summed E-state index contributed by atoms with van der Waals surface area (Å²) >= 11 is 1.33. The second-order valence-electron chi connectivity index (χ2n) is 3.97. The molecule has 0 heterocycles. The number of halogens is 1. The predicted octanol–water partition coefficient (Wildman–Crippen LogP) is 4.30. The number of hydrogen-bond acceptors (Lipinski definition) is 1. The maximum Gasteiger partial charge on any atom is 1.59 e. The summed E-state index contributed by atoms with van der Waals surface area (Å²) in [5, 5.41) is 8.41. The van der Waals surface area contributed by atoms with Gasteiger partial charge in [0.15, 0.2) is 0 Å². The first-order valence-electron chi connectivity index (χ1n) is 6.26. The highest BCUT2D eigenvalue weighted by molar-refractivity contribution is 6.80. The van der Waals surface area contributed by atoms with Crippen molar-refractivity contribution >= 4 is 35.6 Å². The maximum absolute atomic E-state index is 10.2. The molecule has 16 heavy (non-hydrogen) atoms. The molecule has 0 aromatic rings. The normalized spacial score (nSPS) is 9.44. The molecule has 0 fully saturated rings. The van der Waals surface area contributed by atoms with Gasteiger partial charge in [-0.05, 0) is 6.42 Å². The molecular weight excluding hydrogens is 236 g/mol. The molecule has 0 saturated heterocycles. The van der Waals surface area contributed by atoms with E-state index in [9.17, 15) is 4.79 Å². The summed E-state index contributed by atoms with van der Waals surface area (Å²) in [5.41, 5.74) is 0. The lowest BCUT2D eigenvalue weighted by molar-refractivity contribution is -0.137. The molecule has 4 heteroatoms. The van der Waals surface area contributed by atoms with Gasteiger partial charge in [0.1, 0.15) is 0 Å². The van der Waals surface area contributed by atoms with Crippen molar-refractivity contribution in [2.75, 3.05) is 0 Å². The molecular formula is C12H24ClMgO2+2. The topological polar surface area (TPSA) is 37.3 Å². The van der Waals surface area contributed by atoms with E-state index in [1.165, 1.54) is 65.6 Å². The second-order valence-corrected chi connectivity index (χ2v) is 3.97. The van der Waals surface area contributed by atoms with Crippen LogP contribution in [-0.2, 0) is 4.79 Å². The van der Waals surface area contributed by atoms with Crippen LogP contribution in [0, 0.1) is 0 Å². The van der Waals surface area contributed by atoms with E-state index >= 15 is 0 Å². The third-order valence-corrected chi connectivity index (χ3v) is 2.49. The van der Waals surface area contributed by atoms with E-state index in [0.717, 1.165) is 12.8 Å². The van der Waals surface area contributed by atoms with E-state index < -0.39 is 5.97 Å². The third-order valence-electron chi connectivity index (χ3n) is 2.49. The summed E-state index contributed by atoms with van der Waals surface area (Å²) in [6.45, 7) is 2.23. The van der Waals surface area contributed by atoms with Gasteiger partial charge in [0.25, 0.3) is 0 Å². The first kappa shape index (κ1) is 18.9. The van der Waals surface area contributed by atoms with E-state index in [2.05, 4.69) is 16.0 Å². The molecule has 91 valence electrons. The van der Waals surface area contributed by atoms with Gasteiger partial charge in [0, 0.05) is 6.42 Å². The highest BCUT2D eigenvalue weighted by atomic mass is 35.5. The predicted molar refractivity (Wildman–Crippen MR) is 71.1 cm³/mol. The highest BCUT2D eigenvalue weighted by Gasteiger charge is 2.16. The van der Waals surface area contributed by atoms with Crippen LogP contribution in [0.4, 0.5) is 0 Å². The SMILES string of the molecule is CCCCCCCCCCCC(=O)O.[Mg+2][Cl]. The smallest absolute Gasteiger partial charge is 0.481 e.